The van der Waals surface area contributed by atoms with E-state index >= 15 is 0 Å². The van der Waals surface area contributed by atoms with Gasteiger partial charge in [-0.15, -0.1) is 0 Å². The SMILES string of the molecule is Fc1nc(C(F)(F)F)ncc1Cl. The molecule has 2 nitrogen and oxygen atoms in total. The normalized spacial score (nSPS) is 11.8. The van der Waals surface area contributed by atoms with Crippen LogP contribution in [0.15, 0.2) is 6.20 Å². The van der Waals surface area contributed by atoms with Gasteiger partial charge >= 0.3 is 6.18 Å². The van der Waals surface area contributed by atoms with Crippen molar-refractivity contribution in [3.8, 4) is 0 Å². The molecule has 1 rings (SSSR count). The number of rotatable bonds is 0. The molecule has 0 fully saturated rings. The Hall–Kier alpha value is -0.910. The van der Waals surface area contributed by atoms with E-state index in [0.717, 1.165) is 0 Å². The smallest absolute Gasteiger partial charge is 0.231 e. The minimum atomic E-state index is -4.74. The maximum absolute atomic E-state index is 12.3. The van der Waals surface area contributed by atoms with Crippen molar-refractivity contribution in [2.75, 3.05) is 0 Å². The third kappa shape index (κ3) is 1.82. The molecule has 7 heteroatoms. The molecule has 1 heterocycles. The van der Waals surface area contributed by atoms with Gasteiger partial charge in [-0.3, -0.25) is 0 Å². The first-order chi connectivity index (χ1) is 5.41. The first-order valence-corrected chi connectivity index (χ1v) is 3.04. The molecule has 0 saturated heterocycles. The third-order valence-corrected chi connectivity index (χ3v) is 1.21. The van der Waals surface area contributed by atoms with Gasteiger partial charge in [-0.1, -0.05) is 11.6 Å². The fourth-order valence-electron chi connectivity index (χ4n) is 0.483. The molecule has 0 aliphatic carbocycles. The Labute approximate surface area is 69.2 Å². The van der Waals surface area contributed by atoms with Crippen molar-refractivity contribution >= 4 is 11.6 Å². The van der Waals surface area contributed by atoms with Gasteiger partial charge in [0.15, 0.2) is 0 Å². The van der Waals surface area contributed by atoms with Crippen LogP contribution < -0.4 is 0 Å². The Morgan fingerprint density at radius 2 is 1.92 bits per heavy atom. The number of halogens is 5. The lowest BCUT2D eigenvalue weighted by atomic mass is 10.5. The summed E-state index contributed by atoms with van der Waals surface area (Å²) in [5, 5.41) is -0.539. The molecule has 0 amide bonds. The van der Waals surface area contributed by atoms with E-state index in [9.17, 15) is 17.6 Å². The lowest BCUT2D eigenvalue weighted by Gasteiger charge is -2.03. The summed E-state index contributed by atoms with van der Waals surface area (Å²) in [6.45, 7) is 0. The summed E-state index contributed by atoms with van der Waals surface area (Å²) >= 11 is 5.06. The molecule has 0 atom stereocenters. The van der Waals surface area contributed by atoms with Gasteiger partial charge in [-0.05, 0) is 0 Å². The van der Waals surface area contributed by atoms with E-state index in [0.29, 0.717) is 6.20 Å². The van der Waals surface area contributed by atoms with E-state index in [1.54, 1.807) is 0 Å². The Morgan fingerprint density at radius 3 is 2.33 bits per heavy atom. The lowest BCUT2D eigenvalue weighted by molar-refractivity contribution is -0.145. The van der Waals surface area contributed by atoms with E-state index in [1.807, 2.05) is 0 Å². The summed E-state index contributed by atoms with van der Waals surface area (Å²) in [5.41, 5.74) is 0. The van der Waals surface area contributed by atoms with Gasteiger partial charge in [0, 0.05) is 0 Å². The number of alkyl halides is 3. The summed E-state index contributed by atoms with van der Waals surface area (Å²) in [5.74, 6) is -2.91. The second-order valence-electron chi connectivity index (χ2n) is 1.83. The Balaban J connectivity index is 3.14. The molecule has 0 saturated carbocycles. The highest BCUT2D eigenvalue weighted by Crippen LogP contribution is 2.26. The quantitative estimate of drug-likeness (QED) is 0.474. The van der Waals surface area contributed by atoms with Crippen LogP contribution in [-0.2, 0) is 6.18 Å². The van der Waals surface area contributed by atoms with Crippen LogP contribution in [-0.4, -0.2) is 9.97 Å². The summed E-state index contributed by atoms with van der Waals surface area (Å²) < 4.78 is 47.6. The first-order valence-electron chi connectivity index (χ1n) is 2.66. The van der Waals surface area contributed by atoms with Gasteiger partial charge in [-0.25, -0.2) is 4.98 Å². The zero-order valence-electron chi connectivity index (χ0n) is 5.36. The number of nitrogens with zero attached hydrogens (tertiary/aromatic N) is 2. The monoisotopic (exact) mass is 200 g/mol. The van der Waals surface area contributed by atoms with Crippen molar-refractivity contribution in [2.24, 2.45) is 0 Å². The fourth-order valence-corrected chi connectivity index (χ4v) is 0.574. The van der Waals surface area contributed by atoms with Crippen LogP contribution in [0, 0.1) is 5.95 Å². The van der Waals surface area contributed by atoms with Crippen molar-refractivity contribution in [1.29, 1.82) is 0 Å². The average Bonchev–Trinajstić information content (AvgIpc) is 1.92. The first kappa shape index (κ1) is 9.18. The molecule has 12 heavy (non-hydrogen) atoms. The number of aromatic nitrogens is 2. The molecular weight excluding hydrogens is 200 g/mol. The van der Waals surface area contributed by atoms with Crippen LogP contribution in [0.4, 0.5) is 17.6 Å². The highest BCUT2D eigenvalue weighted by atomic mass is 35.5. The molecule has 0 spiro atoms. The highest BCUT2D eigenvalue weighted by molar-refractivity contribution is 6.30. The number of hydrogen-bond acceptors (Lipinski definition) is 2. The van der Waals surface area contributed by atoms with Crippen LogP contribution in [0.2, 0.25) is 5.02 Å². The summed E-state index contributed by atoms with van der Waals surface area (Å²) in [6.07, 6.45) is -4.18. The standard InChI is InChI=1S/C5HClF4N2/c6-2-1-11-4(5(8,9)10)12-3(2)7/h1H. The van der Waals surface area contributed by atoms with E-state index < -0.39 is 23.0 Å². The summed E-state index contributed by atoms with van der Waals surface area (Å²) in [7, 11) is 0. The van der Waals surface area contributed by atoms with Gasteiger partial charge < -0.3 is 0 Å². The molecule has 0 N–H and O–H groups in total. The minimum absolute atomic E-state index is 0.539. The van der Waals surface area contributed by atoms with E-state index in [2.05, 4.69) is 9.97 Å². The van der Waals surface area contributed by atoms with Gasteiger partial charge in [0.1, 0.15) is 5.02 Å². The number of hydrogen-bond donors (Lipinski definition) is 0. The molecule has 66 valence electrons. The topological polar surface area (TPSA) is 25.8 Å². The fraction of sp³-hybridized carbons (Fsp3) is 0.200. The maximum Gasteiger partial charge on any atom is 0.451 e. The molecule has 0 aliphatic heterocycles. The van der Waals surface area contributed by atoms with Gasteiger partial charge in [0.25, 0.3) is 0 Å². The van der Waals surface area contributed by atoms with Crippen molar-refractivity contribution < 1.29 is 17.6 Å². The second kappa shape index (κ2) is 2.85. The van der Waals surface area contributed by atoms with Gasteiger partial charge in [-0.2, -0.15) is 22.5 Å². The molecule has 0 radical (unpaired) electrons. The molecule has 0 aromatic carbocycles. The highest BCUT2D eigenvalue weighted by Gasteiger charge is 2.35. The molecule has 0 aliphatic rings. The second-order valence-corrected chi connectivity index (χ2v) is 2.24. The minimum Gasteiger partial charge on any atom is -0.231 e. The summed E-state index contributed by atoms with van der Waals surface area (Å²) in [6, 6.07) is 0. The Morgan fingerprint density at radius 1 is 1.33 bits per heavy atom. The zero-order valence-corrected chi connectivity index (χ0v) is 6.12. The molecule has 0 unspecified atom stereocenters. The van der Waals surface area contributed by atoms with Crippen molar-refractivity contribution in [1.82, 2.24) is 9.97 Å². The van der Waals surface area contributed by atoms with E-state index in [-0.39, 0.29) is 0 Å². The predicted molar refractivity (Wildman–Crippen MR) is 32.0 cm³/mol. The van der Waals surface area contributed by atoms with Crippen LogP contribution in [0.5, 0.6) is 0 Å². The average molecular weight is 201 g/mol. The lowest BCUT2D eigenvalue weighted by Crippen LogP contribution is -2.11. The summed E-state index contributed by atoms with van der Waals surface area (Å²) in [4.78, 5) is 5.31. The maximum atomic E-state index is 12.3. The molecule has 1 aromatic heterocycles. The third-order valence-electron chi connectivity index (χ3n) is 0.955. The molecule has 1 aromatic rings. The van der Waals surface area contributed by atoms with Crippen molar-refractivity contribution in [2.45, 2.75) is 6.18 Å². The Bertz CT molecular complexity index is 298. The van der Waals surface area contributed by atoms with Gasteiger partial charge in [0.05, 0.1) is 6.20 Å². The van der Waals surface area contributed by atoms with Crippen molar-refractivity contribution in [3.63, 3.8) is 0 Å². The Kier molecular flexibility index (Phi) is 2.18. The molecular formula is C5HClF4N2. The van der Waals surface area contributed by atoms with Crippen LogP contribution in [0.25, 0.3) is 0 Å². The van der Waals surface area contributed by atoms with Gasteiger partial charge in [0.2, 0.25) is 11.8 Å². The molecule has 0 bridgehead atoms. The van der Waals surface area contributed by atoms with Crippen LogP contribution >= 0.6 is 11.6 Å². The van der Waals surface area contributed by atoms with Crippen LogP contribution in [0.1, 0.15) is 5.82 Å². The van der Waals surface area contributed by atoms with E-state index in [4.69, 9.17) is 11.6 Å². The largest absolute Gasteiger partial charge is 0.451 e. The van der Waals surface area contributed by atoms with Crippen LogP contribution in [0.3, 0.4) is 0 Å². The van der Waals surface area contributed by atoms with Crippen molar-refractivity contribution in [3.05, 3.63) is 23.0 Å². The zero-order chi connectivity index (χ0) is 9.35. The van der Waals surface area contributed by atoms with E-state index in [1.165, 1.54) is 0 Å². The predicted octanol–water partition coefficient (Wildman–Crippen LogP) is 2.29.